The predicted octanol–water partition coefficient (Wildman–Crippen LogP) is 5.22. The van der Waals surface area contributed by atoms with Crippen molar-refractivity contribution in [3.05, 3.63) is 83.9 Å². The van der Waals surface area contributed by atoms with Crippen molar-refractivity contribution in [2.75, 3.05) is 13.9 Å². The van der Waals surface area contributed by atoms with Crippen LogP contribution in [0.2, 0.25) is 0 Å². The van der Waals surface area contributed by atoms with Crippen molar-refractivity contribution < 1.29 is 14.2 Å². The molecule has 0 amide bonds. The smallest absolute Gasteiger partial charge is 0.231 e. The maximum Gasteiger partial charge on any atom is 0.231 e. The van der Waals surface area contributed by atoms with Crippen molar-refractivity contribution >= 4 is 11.8 Å². The van der Waals surface area contributed by atoms with Gasteiger partial charge in [0, 0.05) is 12.3 Å². The van der Waals surface area contributed by atoms with E-state index in [1.165, 1.54) is 5.56 Å². The number of hydrogen-bond acceptors (Lipinski definition) is 6. The molecule has 7 heteroatoms. The van der Waals surface area contributed by atoms with E-state index in [1.807, 2.05) is 42.5 Å². The summed E-state index contributed by atoms with van der Waals surface area (Å²) in [6.07, 6.45) is 0.888. The summed E-state index contributed by atoms with van der Waals surface area (Å²) in [5, 5.41) is 9.95. The lowest BCUT2D eigenvalue weighted by Gasteiger charge is -2.12. The SMILES string of the molecule is COc1ccccc1-c1nnc(SCc2ccc3c(c2)OCO3)n1CCc1ccccc1. The molecule has 0 fully saturated rings. The summed E-state index contributed by atoms with van der Waals surface area (Å²) < 4.78 is 18.7. The third-order valence-corrected chi connectivity index (χ3v) is 6.37. The van der Waals surface area contributed by atoms with E-state index in [4.69, 9.17) is 14.2 Å². The fourth-order valence-electron chi connectivity index (χ4n) is 3.69. The summed E-state index contributed by atoms with van der Waals surface area (Å²) in [4.78, 5) is 0. The molecule has 1 aromatic heterocycles. The fraction of sp³-hybridized carbons (Fsp3) is 0.200. The van der Waals surface area contributed by atoms with Crippen LogP contribution >= 0.6 is 11.8 Å². The fourth-order valence-corrected chi connectivity index (χ4v) is 4.60. The van der Waals surface area contributed by atoms with Crippen LogP contribution in [0.15, 0.2) is 78.0 Å². The van der Waals surface area contributed by atoms with Gasteiger partial charge < -0.3 is 18.8 Å². The number of rotatable bonds is 8. The summed E-state index contributed by atoms with van der Waals surface area (Å²) in [7, 11) is 1.68. The van der Waals surface area contributed by atoms with E-state index >= 15 is 0 Å². The first kappa shape index (κ1) is 20.5. The Bertz CT molecular complexity index is 1210. The highest BCUT2D eigenvalue weighted by atomic mass is 32.2. The predicted molar refractivity (Wildman–Crippen MR) is 124 cm³/mol. The first-order chi connectivity index (χ1) is 15.8. The average molecular weight is 446 g/mol. The van der Waals surface area contributed by atoms with E-state index < -0.39 is 0 Å². The van der Waals surface area contributed by atoms with Crippen molar-refractivity contribution in [3.8, 4) is 28.6 Å². The van der Waals surface area contributed by atoms with E-state index in [0.717, 1.165) is 58.1 Å². The molecular formula is C25H23N3O3S. The van der Waals surface area contributed by atoms with Crippen molar-refractivity contribution in [2.24, 2.45) is 0 Å². The van der Waals surface area contributed by atoms with Crippen LogP contribution in [0.5, 0.6) is 17.2 Å². The van der Waals surface area contributed by atoms with Crippen LogP contribution in [0.4, 0.5) is 0 Å². The molecule has 0 spiro atoms. The lowest BCUT2D eigenvalue weighted by atomic mass is 10.1. The Hall–Kier alpha value is -3.45. The zero-order valence-corrected chi connectivity index (χ0v) is 18.5. The van der Waals surface area contributed by atoms with Crippen molar-refractivity contribution in [1.29, 1.82) is 0 Å². The van der Waals surface area contributed by atoms with Crippen molar-refractivity contribution in [3.63, 3.8) is 0 Å². The van der Waals surface area contributed by atoms with Crippen LogP contribution in [-0.4, -0.2) is 28.7 Å². The van der Waals surface area contributed by atoms with E-state index in [9.17, 15) is 0 Å². The largest absolute Gasteiger partial charge is 0.496 e. The normalized spacial score (nSPS) is 12.2. The Balaban J connectivity index is 1.42. The van der Waals surface area contributed by atoms with E-state index in [0.29, 0.717) is 0 Å². The molecule has 3 aromatic carbocycles. The number of para-hydroxylation sites is 1. The second-order valence-electron chi connectivity index (χ2n) is 7.37. The molecule has 1 aliphatic rings. The number of fused-ring (bicyclic) bond motifs is 1. The summed E-state index contributed by atoms with van der Waals surface area (Å²) in [5.41, 5.74) is 3.36. The molecule has 0 saturated heterocycles. The van der Waals surface area contributed by atoms with Crippen LogP contribution in [-0.2, 0) is 18.7 Å². The second kappa shape index (κ2) is 9.36. The molecule has 4 aromatic rings. The molecule has 32 heavy (non-hydrogen) atoms. The van der Waals surface area contributed by atoms with Gasteiger partial charge in [-0.15, -0.1) is 10.2 Å². The maximum atomic E-state index is 5.59. The van der Waals surface area contributed by atoms with E-state index in [2.05, 4.69) is 45.1 Å². The van der Waals surface area contributed by atoms with Gasteiger partial charge in [0.05, 0.1) is 12.7 Å². The Morgan fingerprint density at radius 2 is 1.72 bits per heavy atom. The van der Waals surface area contributed by atoms with Gasteiger partial charge in [-0.25, -0.2) is 0 Å². The van der Waals surface area contributed by atoms with Gasteiger partial charge in [0.25, 0.3) is 0 Å². The molecular weight excluding hydrogens is 422 g/mol. The maximum absolute atomic E-state index is 5.59. The molecule has 162 valence electrons. The lowest BCUT2D eigenvalue weighted by Crippen LogP contribution is -2.06. The van der Waals surface area contributed by atoms with Crippen LogP contribution in [0.1, 0.15) is 11.1 Å². The molecule has 0 atom stereocenters. The van der Waals surface area contributed by atoms with Gasteiger partial charge in [0.1, 0.15) is 5.75 Å². The zero-order chi connectivity index (χ0) is 21.8. The van der Waals surface area contributed by atoms with E-state index in [1.54, 1.807) is 18.9 Å². The minimum atomic E-state index is 0.280. The molecule has 0 aliphatic carbocycles. The van der Waals surface area contributed by atoms with Gasteiger partial charge in [0.15, 0.2) is 22.5 Å². The molecule has 0 saturated carbocycles. The molecule has 0 bridgehead atoms. The van der Waals surface area contributed by atoms with Crippen molar-refractivity contribution in [1.82, 2.24) is 14.8 Å². The van der Waals surface area contributed by atoms with Crippen LogP contribution in [0, 0.1) is 0 Å². The molecule has 1 aliphatic heterocycles. The highest BCUT2D eigenvalue weighted by Crippen LogP contribution is 2.35. The lowest BCUT2D eigenvalue weighted by molar-refractivity contribution is 0.174. The summed E-state index contributed by atoms with van der Waals surface area (Å²) in [6.45, 7) is 1.05. The number of aromatic nitrogens is 3. The topological polar surface area (TPSA) is 58.4 Å². The number of benzene rings is 3. The summed E-state index contributed by atoms with van der Waals surface area (Å²) >= 11 is 1.66. The molecule has 6 nitrogen and oxygen atoms in total. The number of thioether (sulfide) groups is 1. The Morgan fingerprint density at radius 3 is 2.59 bits per heavy atom. The molecule has 0 N–H and O–H groups in total. The van der Waals surface area contributed by atoms with Crippen LogP contribution in [0.3, 0.4) is 0 Å². The first-order valence-corrected chi connectivity index (χ1v) is 11.4. The quantitative estimate of drug-likeness (QED) is 0.347. The number of nitrogens with zero attached hydrogens (tertiary/aromatic N) is 3. The summed E-state index contributed by atoms with van der Waals surface area (Å²) in [6, 6.07) is 24.4. The standard InChI is InChI=1S/C25H23N3O3S/c1-29-21-10-6-5-9-20(21)24-26-27-25(28(24)14-13-18-7-3-2-4-8-18)32-16-19-11-12-22-23(15-19)31-17-30-22/h2-12,15H,13-14,16-17H2,1H3. The number of aryl methyl sites for hydroxylation is 1. The Labute approximate surface area is 191 Å². The van der Waals surface area contributed by atoms with Crippen LogP contribution in [0.25, 0.3) is 11.4 Å². The van der Waals surface area contributed by atoms with Crippen LogP contribution < -0.4 is 14.2 Å². The minimum absolute atomic E-state index is 0.280. The number of hydrogen-bond donors (Lipinski definition) is 0. The average Bonchev–Trinajstić information content (AvgIpc) is 3.48. The zero-order valence-electron chi connectivity index (χ0n) is 17.7. The van der Waals surface area contributed by atoms with Gasteiger partial charge in [-0.3, -0.25) is 0 Å². The monoisotopic (exact) mass is 445 g/mol. The first-order valence-electron chi connectivity index (χ1n) is 10.4. The molecule has 5 rings (SSSR count). The Kier molecular flexibility index (Phi) is 5.98. The van der Waals surface area contributed by atoms with Gasteiger partial charge in [-0.1, -0.05) is 60.3 Å². The van der Waals surface area contributed by atoms with Crippen molar-refractivity contribution in [2.45, 2.75) is 23.9 Å². The minimum Gasteiger partial charge on any atom is -0.496 e. The third kappa shape index (κ3) is 4.29. The molecule has 0 radical (unpaired) electrons. The highest BCUT2D eigenvalue weighted by Gasteiger charge is 2.18. The molecule has 2 heterocycles. The Morgan fingerprint density at radius 1 is 0.906 bits per heavy atom. The molecule has 0 unspecified atom stereocenters. The number of methoxy groups -OCH3 is 1. The summed E-state index contributed by atoms with van der Waals surface area (Å²) in [5.74, 6) is 3.94. The second-order valence-corrected chi connectivity index (χ2v) is 8.31. The van der Waals surface area contributed by atoms with Gasteiger partial charge >= 0.3 is 0 Å². The van der Waals surface area contributed by atoms with Gasteiger partial charge in [-0.05, 0) is 41.8 Å². The highest BCUT2D eigenvalue weighted by molar-refractivity contribution is 7.98. The third-order valence-electron chi connectivity index (χ3n) is 5.34. The van der Waals surface area contributed by atoms with Gasteiger partial charge in [-0.2, -0.15) is 0 Å². The van der Waals surface area contributed by atoms with Gasteiger partial charge in [0.2, 0.25) is 6.79 Å². The number of ether oxygens (including phenoxy) is 3. The van der Waals surface area contributed by atoms with E-state index in [-0.39, 0.29) is 6.79 Å².